The van der Waals surface area contributed by atoms with E-state index in [-0.39, 0.29) is 20.6 Å². The fourth-order valence-corrected chi connectivity index (χ4v) is 7.44. The summed E-state index contributed by atoms with van der Waals surface area (Å²) in [6, 6.07) is 24.1. The molecule has 0 unspecified atom stereocenters. The number of nitrogens with one attached hydrogen (secondary N) is 1. The lowest BCUT2D eigenvalue weighted by atomic mass is 9.91. The first kappa shape index (κ1) is 28.1. The Balaban J connectivity index is 1.20. The zero-order valence-electron chi connectivity index (χ0n) is 21.4. The van der Waals surface area contributed by atoms with Crippen LogP contribution in [0.1, 0.15) is 29.0 Å². The van der Waals surface area contributed by atoms with Gasteiger partial charge in [-0.25, -0.2) is 16.8 Å². The molecule has 0 atom stereocenters. The van der Waals surface area contributed by atoms with Gasteiger partial charge in [0, 0.05) is 23.8 Å². The number of anilines is 1. The Bertz CT molecular complexity index is 1690. The fourth-order valence-electron chi connectivity index (χ4n) is 4.67. The first-order valence-corrected chi connectivity index (χ1v) is 16.0. The number of carbonyl (C=O) groups is 1. The highest BCUT2D eigenvalue weighted by molar-refractivity contribution is 7.91. The third-order valence-electron chi connectivity index (χ3n) is 6.88. The molecule has 1 N–H and O–H groups in total. The molecule has 5 rings (SSSR count). The molecular formula is C29H27ClN2O6S2. The van der Waals surface area contributed by atoms with Gasteiger partial charge < -0.3 is 9.73 Å². The Labute approximate surface area is 238 Å². The second kappa shape index (κ2) is 11.6. The average Bonchev–Trinajstić information content (AvgIpc) is 3.46. The molecule has 1 saturated heterocycles. The summed E-state index contributed by atoms with van der Waals surface area (Å²) in [4.78, 5) is 12.8. The first-order chi connectivity index (χ1) is 19.1. The van der Waals surface area contributed by atoms with Crippen molar-refractivity contribution in [1.29, 1.82) is 0 Å². The highest BCUT2D eigenvalue weighted by Gasteiger charge is 2.29. The molecule has 0 spiro atoms. The van der Waals surface area contributed by atoms with Crippen LogP contribution in [0.2, 0.25) is 5.02 Å². The monoisotopic (exact) mass is 598 g/mol. The van der Waals surface area contributed by atoms with Crippen LogP contribution >= 0.6 is 11.6 Å². The zero-order valence-corrected chi connectivity index (χ0v) is 23.8. The minimum absolute atomic E-state index is 0.0181. The second-order valence-corrected chi connectivity index (χ2v) is 13.8. The van der Waals surface area contributed by atoms with Gasteiger partial charge in [0.2, 0.25) is 25.0 Å². The van der Waals surface area contributed by atoms with E-state index in [2.05, 4.69) is 17.4 Å². The van der Waals surface area contributed by atoms with Crippen molar-refractivity contribution < 1.29 is 26.0 Å². The number of carbonyl (C=O) groups excluding carboxylic acids is 1. The number of halogens is 1. The Morgan fingerprint density at radius 3 is 2.10 bits per heavy atom. The van der Waals surface area contributed by atoms with Gasteiger partial charge in [-0.1, -0.05) is 41.9 Å². The van der Waals surface area contributed by atoms with Crippen molar-refractivity contribution in [3.63, 3.8) is 0 Å². The van der Waals surface area contributed by atoms with Gasteiger partial charge in [0.15, 0.2) is 5.76 Å². The molecule has 0 radical (unpaired) electrons. The number of sulfonamides is 1. The quantitative estimate of drug-likeness (QED) is 0.280. The highest BCUT2D eigenvalue weighted by atomic mass is 35.5. The molecule has 3 aromatic carbocycles. The van der Waals surface area contributed by atoms with Gasteiger partial charge in [0.1, 0.15) is 0 Å². The Morgan fingerprint density at radius 1 is 0.825 bits per heavy atom. The van der Waals surface area contributed by atoms with E-state index in [1.807, 2.05) is 18.2 Å². The van der Waals surface area contributed by atoms with Gasteiger partial charge in [-0.05, 0) is 91.4 Å². The summed E-state index contributed by atoms with van der Waals surface area (Å²) in [5, 5.41) is 2.61. The van der Waals surface area contributed by atoms with Crippen LogP contribution in [-0.4, -0.2) is 40.1 Å². The molecule has 8 nitrogen and oxygen atoms in total. The first-order valence-electron chi connectivity index (χ1n) is 12.7. The molecule has 0 bridgehead atoms. The average molecular weight is 599 g/mol. The van der Waals surface area contributed by atoms with Gasteiger partial charge in [-0.3, -0.25) is 4.79 Å². The zero-order chi connectivity index (χ0) is 28.3. The van der Waals surface area contributed by atoms with E-state index in [1.165, 1.54) is 70.5 Å². The summed E-state index contributed by atoms with van der Waals surface area (Å²) in [5.41, 5.74) is 1.60. The topological polar surface area (TPSA) is 114 Å². The fraction of sp³-hybridized carbons (Fsp3) is 0.207. The largest absolute Gasteiger partial charge is 0.439 e. The third kappa shape index (κ3) is 6.15. The van der Waals surface area contributed by atoms with E-state index >= 15 is 0 Å². The molecule has 2 heterocycles. The summed E-state index contributed by atoms with van der Waals surface area (Å²) < 4.78 is 58.8. The normalized spacial score (nSPS) is 15.1. The molecule has 4 aromatic rings. The number of nitrogens with zero attached hydrogens (tertiary/aromatic N) is 1. The van der Waals surface area contributed by atoms with Crippen LogP contribution < -0.4 is 5.32 Å². The van der Waals surface area contributed by atoms with Gasteiger partial charge >= 0.3 is 0 Å². The minimum Gasteiger partial charge on any atom is -0.439 e. The molecule has 1 aliphatic rings. The van der Waals surface area contributed by atoms with E-state index in [0.29, 0.717) is 29.7 Å². The summed E-state index contributed by atoms with van der Waals surface area (Å²) in [7, 11) is -7.64. The highest BCUT2D eigenvalue weighted by Crippen LogP contribution is 2.28. The maximum Gasteiger partial charge on any atom is 0.291 e. The lowest BCUT2D eigenvalue weighted by Gasteiger charge is -2.31. The van der Waals surface area contributed by atoms with Crippen molar-refractivity contribution in [2.24, 2.45) is 5.92 Å². The lowest BCUT2D eigenvalue weighted by Crippen LogP contribution is -2.38. The number of rotatable bonds is 8. The summed E-state index contributed by atoms with van der Waals surface area (Å²) in [6.45, 7) is 0.913. The molecular weight excluding hydrogens is 572 g/mol. The van der Waals surface area contributed by atoms with Crippen molar-refractivity contribution in [2.75, 3.05) is 18.4 Å². The molecule has 1 aromatic heterocycles. The van der Waals surface area contributed by atoms with E-state index in [4.69, 9.17) is 16.0 Å². The van der Waals surface area contributed by atoms with Gasteiger partial charge in [0.05, 0.1) is 9.79 Å². The molecule has 208 valence electrons. The molecule has 40 heavy (non-hydrogen) atoms. The van der Waals surface area contributed by atoms with Crippen molar-refractivity contribution in [2.45, 2.75) is 34.1 Å². The molecule has 0 saturated carbocycles. The SMILES string of the molecule is O=C(Nc1ccc(S(=O)(=O)N2CCC(Cc3ccccc3)CC2)cc1)c1ccc(S(=O)(=O)c2ccc(Cl)cc2)o1. The Kier molecular flexibility index (Phi) is 8.14. The van der Waals surface area contributed by atoms with Crippen LogP contribution in [0.3, 0.4) is 0 Å². The number of hydrogen-bond donors (Lipinski definition) is 1. The second-order valence-electron chi connectivity index (χ2n) is 9.59. The number of hydrogen-bond acceptors (Lipinski definition) is 6. The van der Waals surface area contributed by atoms with Crippen molar-refractivity contribution in [3.05, 3.63) is 107 Å². The number of benzene rings is 3. The van der Waals surface area contributed by atoms with Crippen LogP contribution in [0.15, 0.2) is 110 Å². The lowest BCUT2D eigenvalue weighted by molar-refractivity contribution is 0.0991. The maximum absolute atomic E-state index is 13.2. The van der Waals surface area contributed by atoms with E-state index < -0.39 is 25.8 Å². The predicted molar refractivity (Wildman–Crippen MR) is 152 cm³/mol. The van der Waals surface area contributed by atoms with Gasteiger partial charge in [0.25, 0.3) is 5.91 Å². The summed E-state index contributed by atoms with van der Waals surface area (Å²) in [5.74, 6) is -0.439. The maximum atomic E-state index is 13.2. The molecule has 1 fully saturated rings. The molecule has 11 heteroatoms. The number of sulfone groups is 1. The summed E-state index contributed by atoms with van der Waals surface area (Å²) >= 11 is 5.83. The van der Waals surface area contributed by atoms with E-state index in [9.17, 15) is 21.6 Å². The smallest absolute Gasteiger partial charge is 0.291 e. The Hall–Kier alpha value is -3.44. The molecule has 1 aliphatic heterocycles. The molecule has 1 amide bonds. The number of furan rings is 1. The molecule has 0 aliphatic carbocycles. The minimum atomic E-state index is -3.97. The van der Waals surface area contributed by atoms with E-state index in [1.54, 1.807) is 0 Å². The van der Waals surface area contributed by atoms with Crippen molar-refractivity contribution >= 4 is 43.1 Å². The summed E-state index contributed by atoms with van der Waals surface area (Å²) in [6.07, 6.45) is 2.52. The van der Waals surface area contributed by atoms with Crippen LogP contribution in [-0.2, 0) is 26.3 Å². The van der Waals surface area contributed by atoms with E-state index in [0.717, 1.165) is 19.3 Å². The van der Waals surface area contributed by atoms with Crippen LogP contribution in [0.4, 0.5) is 5.69 Å². The van der Waals surface area contributed by atoms with Crippen LogP contribution in [0.25, 0.3) is 0 Å². The predicted octanol–water partition coefficient (Wildman–Crippen LogP) is 5.66. The third-order valence-corrected chi connectivity index (χ3v) is 10.7. The standard InChI is InChI=1S/C29H27ClN2O6S2/c30-23-6-10-25(11-7-23)39(34,35)28-15-14-27(38-28)29(33)31-24-8-12-26(13-9-24)40(36,37)32-18-16-22(17-19-32)20-21-4-2-1-3-5-21/h1-15,22H,16-20H2,(H,31,33). The van der Waals surface area contributed by atoms with Gasteiger partial charge in [-0.15, -0.1) is 0 Å². The number of amides is 1. The van der Waals surface area contributed by atoms with Gasteiger partial charge in [-0.2, -0.15) is 4.31 Å². The Morgan fingerprint density at radius 2 is 1.45 bits per heavy atom. The van der Waals surface area contributed by atoms with Crippen LogP contribution in [0.5, 0.6) is 0 Å². The number of piperidine rings is 1. The van der Waals surface area contributed by atoms with Crippen molar-refractivity contribution in [1.82, 2.24) is 4.31 Å². The van der Waals surface area contributed by atoms with Crippen molar-refractivity contribution in [3.8, 4) is 0 Å². The van der Waals surface area contributed by atoms with Crippen LogP contribution in [0, 0.1) is 5.92 Å².